The number of halogens is 1. The number of amides is 1. The molecule has 1 rings (SSSR count). The summed E-state index contributed by atoms with van der Waals surface area (Å²) < 4.78 is 0. The van der Waals surface area contributed by atoms with Crippen molar-refractivity contribution in [1.82, 2.24) is 5.32 Å². The number of aryl methyl sites for hydroxylation is 1. The summed E-state index contributed by atoms with van der Waals surface area (Å²) >= 11 is 3.45. The summed E-state index contributed by atoms with van der Waals surface area (Å²) in [6, 6.07) is 5.17. The van der Waals surface area contributed by atoms with E-state index < -0.39 is 0 Å². The van der Waals surface area contributed by atoms with Crippen LogP contribution in [0.15, 0.2) is 18.2 Å². The van der Waals surface area contributed by atoms with Crippen molar-refractivity contribution in [3.05, 3.63) is 29.3 Å². The summed E-state index contributed by atoms with van der Waals surface area (Å²) in [6.07, 6.45) is 1.94. The zero-order valence-electron chi connectivity index (χ0n) is 10.2. The van der Waals surface area contributed by atoms with E-state index in [1.807, 2.05) is 0 Å². The number of nitrogens with one attached hydrogen (secondary N) is 1. The molecule has 1 aromatic rings. The van der Waals surface area contributed by atoms with Crippen LogP contribution in [-0.2, 0) is 0 Å². The van der Waals surface area contributed by atoms with Crippen LogP contribution in [0.25, 0.3) is 0 Å². The van der Waals surface area contributed by atoms with Gasteiger partial charge in [0.05, 0.1) is 5.56 Å². The molecule has 0 aromatic heterocycles. The van der Waals surface area contributed by atoms with Gasteiger partial charge in [-0.05, 0) is 31.4 Å². The first-order valence-electron chi connectivity index (χ1n) is 5.73. The van der Waals surface area contributed by atoms with Crippen LogP contribution in [0.3, 0.4) is 0 Å². The molecule has 4 heteroatoms. The maximum Gasteiger partial charge on any atom is 0.255 e. The topological polar surface area (TPSA) is 49.3 Å². The highest BCUT2D eigenvalue weighted by molar-refractivity contribution is 9.09. The van der Waals surface area contributed by atoms with E-state index in [2.05, 4.69) is 28.2 Å². The third-order valence-electron chi connectivity index (χ3n) is 2.55. The van der Waals surface area contributed by atoms with Crippen LogP contribution < -0.4 is 5.32 Å². The van der Waals surface area contributed by atoms with Crippen molar-refractivity contribution in [3.8, 4) is 5.75 Å². The van der Waals surface area contributed by atoms with E-state index in [1.165, 1.54) is 0 Å². The Labute approximate surface area is 110 Å². The van der Waals surface area contributed by atoms with Crippen LogP contribution >= 0.6 is 15.9 Å². The molecule has 1 atom stereocenters. The number of rotatable bonds is 5. The molecule has 1 unspecified atom stereocenters. The van der Waals surface area contributed by atoms with Crippen LogP contribution in [0.5, 0.6) is 5.75 Å². The number of hydrogen-bond donors (Lipinski definition) is 2. The molecular formula is C13H18BrNO2. The Morgan fingerprint density at radius 3 is 2.88 bits per heavy atom. The average Bonchev–Trinajstić information content (AvgIpc) is 2.27. The van der Waals surface area contributed by atoms with Gasteiger partial charge in [0, 0.05) is 11.4 Å². The number of benzene rings is 1. The molecule has 0 saturated heterocycles. The van der Waals surface area contributed by atoms with Gasteiger partial charge in [0.1, 0.15) is 5.75 Å². The fourth-order valence-corrected chi connectivity index (χ4v) is 1.85. The third-order valence-corrected chi connectivity index (χ3v) is 3.00. The van der Waals surface area contributed by atoms with Gasteiger partial charge >= 0.3 is 0 Å². The Hall–Kier alpha value is -1.03. The van der Waals surface area contributed by atoms with Crippen LogP contribution in [0.2, 0.25) is 0 Å². The van der Waals surface area contributed by atoms with Gasteiger partial charge in [-0.3, -0.25) is 4.79 Å². The Bertz CT molecular complexity index is 391. The van der Waals surface area contributed by atoms with Crippen LogP contribution in [-0.4, -0.2) is 22.4 Å². The molecular weight excluding hydrogens is 282 g/mol. The summed E-state index contributed by atoms with van der Waals surface area (Å²) in [7, 11) is 0. The number of aromatic hydroxyl groups is 1. The smallest absolute Gasteiger partial charge is 0.255 e. The number of para-hydroxylation sites is 1. The Morgan fingerprint density at radius 2 is 2.24 bits per heavy atom. The second-order valence-corrected chi connectivity index (χ2v) is 5.71. The molecule has 0 aliphatic rings. The zero-order valence-corrected chi connectivity index (χ0v) is 11.8. The summed E-state index contributed by atoms with van der Waals surface area (Å²) in [4.78, 5) is 12.2. The largest absolute Gasteiger partial charge is 0.507 e. The monoisotopic (exact) mass is 299 g/mol. The molecule has 0 spiro atoms. The van der Waals surface area contributed by atoms with Gasteiger partial charge < -0.3 is 10.4 Å². The van der Waals surface area contributed by atoms with Gasteiger partial charge in [0.25, 0.3) is 5.91 Å². The fourth-order valence-electron chi connectivity index (χ4n) is 1.52. The summed E-state index contributed by atoms with van der Waals surface area (Å²) in [5.41, 5.74) is 1.06. The normalized spacial score (nSPS) is 12.2. The quantitative estimate of drug-likeness (QED) is 0.649. The molecule has 17 heavy (non-hydrogen) atoms. The third kappa shape index (κ3) is 4.38. The van der Waals surface area contributed by atoms with E-state index in [0.29, 0.717) is 22.5 Å². The van der Waals surface area contributed by atoms with Gasteiger partial charge in [-0.25, -0.2) is 0 Å². The summed E-state index contributed by atoms with van der Waals surface area (Å²) in [6.45, 7) is 4.48. The molecule has 1 amide bonds. The first-order valence-corrected chi connectivity index (χ1v) is 6.64. The lowest BCUT2D eigenvalue weighted by atomic mass is 10.1. The van der Waals surface area contributed by atoms with E-state index in [9.17, 15) is 9.90 Å². The van der Waals surface area contributed by atoms with Gasteiger partial charge in [-0.2, -0.15) is 0 Å². The molecule has 0 bridgehead atoms. The van der Waals surface area contributed by atoms with Crippen molar-refractivity contribution in [1.29, 1.82) is 0 Å². The van der Waals surface area contributed by atoms with Crippen molar-refractivity contribution >= 4 is 21.8 Å². The molecule has 3 nitrogen and oxygen atoms in total. The lowest BCUT2D eigenvalue weighted by Crippen LogP contribution is -2.24. The van der Waals surface area contributed by atoms with E-state index >= 15 is 0 Å². The minimum absolute atomic E-state index is 0.0684. The van der Waals surface area contributed by atoms with Crippen molar-refractivity contribution in [2.45, 2.75) is 31.5 Å². The van der Waals surface area contributed by atoms with Crippen LogP contribution in [0.4, 0.5) is 0 Å². The summed E-state index contributed by atoms with van der Waals surface area (Å²) in [5, 5.41) is 12.5. The van der Waals surface area contributed by atoms with E-state index in [4.69, 9.17) is 0 Å². The highest BCUT2D eigenvalue weighted by Gasteiger charge is 2.11. The molecule has 1 aromatic carbocycles. The SMILES string of the molecule is Cc1cccc(C(=O)NCCCC(C)Br)c1O. The molecule has 0 heterocycles. The number of phenolic OH excluding ortho intramolecular Hbond substituents is 1. The maximum atomic E-state index is 11.8. The highest BCUT2D eigenvalue weighted by atomic mass is 79.9. The molecule has 2 N–H and O–H groups in total. The van der Waals surface area contributed by atoms with Crippen LogP contribution in [0.1, 0.15) is 35.7 Å². The van der Waals surface area contributed by atoms with Gasteiger partial charge in [-0.1, -0.05) is 35.0 Å². The number of alkyl halides is 1. The van der Waals surface area contributed by atoms with Crippen molar-refractivity contribution < 1.29 is 9.90 Å². The molecule has 0 radical (unpaired) electrons. The lowest BCUT2D eigenvalue weighted by molar-refractivity contribution is 0.0950. The van der Waals surface area contributed by atoms with Crippen molar-refractivity contribution in [3.63, 3.8) is 0 Å². The second-order valence-electron chi connectivity index (χ2n) is 4.15. The van der Waals surface area contributed by atoms with Crippen LogP contribution in [0, 0.1) is 6.92 Å². The predicted molar refractivity (Wildman–Crippen MR) is 72.8 cm³/mol. The lowest BCUT2D eigenvalue weighted by Gasteiger charge is -2.08. The average molecular weight is 300 g/mol. The number of phenols is 1. The Morgan fingerprint density at radius 1 is 1.53 bits per heavy atom. The minimum atomic E-state index is -0.214. The Balaban J connectivity index is 2.50. The first kappa shape index (κ1) is 14.0. The first-order chi connectivity index (χ1) is 8.02. The molecule has 0 fully saturated rings. The maximum absolute atomic E-state index is 11.8. The molecule has 94 valence electrons. The van der Waals surface area contributed by atoms with Crippen molar-refractivity contribution in [2.75, 3.05) is 6.54 Å². The fraction of sp³-hybridized carbons (Fsp3) is 0.462. The van der Waals surface area contributed by atoms with E-state index in [-0.39, 0.29) is 11.7 Å². The van der Waals surface area contributed by atoms with Gasteiger partial charge in [0.2, 0.25) is 0 Å². The standard InChI is InChI=1S/C13H18BrNO2/c1-9-5-3-7-11(12(9)16)13(17)15-8-4-6-10(2)14/h3,5,7,10,16H,4,6,8H2,1-2H3,(H,15,17). The number of carbonyl (C=O) groups is 1. The van der Waals surface area contributed by atoms with Gasteiger partial charge in [-0.15, -0.1) is 0 Å². The number of carbonyl (C=O) groups excluding carboxylic acids is 1. The zero-order chi connectivity index (χ0) is 12.8. The molecule has 0 aliphatic carbocycles. The number of hydrogen-bond acceptors (Lipinski definition) is 2. The Kier molecular flexibility index (Phi) is 5.48. The van der Waals surface area contributed by atoms with Gasteiger partial charge in [0.15, 0.2) is 0 Å². The second kappa shape index (κ2) is 6.64. The highest BCUT2D eigenvalue weighted by Crippen LogP contribution is 2.21. The van der Waals surface area contributed by atoms with E-state index in [0.717, 1.165) is 12.8 Å². The van der Waals surface area contributed by atoms with E-state index in [1.54, 1.807) is 25.1 Å². The minimum Gasteiger partial charge on any atom is -0.507 e. The van der Waals surface area contributed by atoms with Crippen molar-refractivity contribution in [2.24, 2.45) is 0 Å². The summed E-state index contributed by atoms with van der Waals surface area (Å²) in [5.74, 6) is -0.146. The molecule has 0 aliphatic heterocycles. The molecule has 0 saturated carbocycles. The predicted octanol–water partition coefficient (Wildman–Crippen LogP) is 2.99.